The van der Waals surface area contributed by atoms with Crippen molar-refractivity contribution in [1.29, 1.82) is 0 Å². The van der Waals surface area contributed by atoms with E-state index in [9.17, 15) is 4.79 Å². The Balaban J connectivity index is 1.93. The van der Waals surface area contributed by atoms with Crippen molar-refractivity contribution < 1.29 is 9.53 Å². The Morgan fingerprint density at radius 3 is 2.75 bits per heavy atom. The Morgan fingerprint density at radius 2 is 2.12 bits per heavy atom. The molecule has 1 saturated carbocycles. The second kappa shape index (κ2) is 7.63. The second-order valence-electron chi connectivity index (χ2n) is 4.33. The minimum atomic E-state index is 0.105. The van der Waals surface area contributed by atoms with Gasteiger partial charge < -0.3 is 15.4 Å². The average Bonchev–Trinajstić information content (AvgIpc) is 2.21. The van der Waals surface area contributed by atoms with E-state index >= 15 is 0 Å². The minimum absolute atomic E-state index is 0.105. The first-order valence-corrected chi connectivity index (χ1v) is 6.38. The topological polar surface area (TPSA) is 50.4 Å². The van der Waals surface area contributed by atoms with Gasteiger partial charge in [-0.15, -0.1) is 0 Å². The SMILES string of the molecule is CCCCNC(=O)CNC1CC(OCC)C1. The lowest BCUT2D eigenvalue weighted by Crippen LogP contribution is -2.48. The van der Waals surface area contributed by atoms with Crippen molar-refractivity contribution in [2.45, 2.75) is 51.7 Å². The van der Waals surface area contributed by atoms with Crippen LogP contribution in [0.2, 0.25) is 0 Å². The summed E-state index contributed by atoms with van der Waals surface area (Å²) in [5.74, 6) is 0.105. The molecule has 0 spiro atoms. The Kier molecular flexibility index (Phi) is 6.42. The lowest BCUT2D eigenvalue weighted by atomic mass is 9.89. The molecule has 0 aromatic carbocycles. The Labute approximate surface area is 98.1 Å². The maximum Gasteiger partial charge on any atom is 0.233 e. The molecule has 1 amide bonds. The lowest BCUT2D eigenvalue weighted by molar-refractivity contribution is -0.120. The predicted molar refractivity (Wildman–Crippen MR) is 64.4 cm³/mol. The monoisotopic (exact) mass is 228 g/mol. The molecule has 1 aliphatic carbocycles. The number of carbonyl (C=O) groups is 1. The van der Waals surface area contributed by atoms with Gasteiger partial charge in [0, 0.05) is 19.2 Å². The molecule has 0 atom stereocenters. The van der Waals surface area contributed by atoms with Gasteiger partial charge in [-0.1, -0.05) is 13.3 Å². The Morgan fingerprint density at radius 1 is 1.38 bits per heavy atom. The van der Waals surface area contributed by atoms with E-state index in [1.54, 1.807) is 0 Å². The van der Waals surface area contributed by atoms with Gasteiger partial charge in [-0.2, -0.15) is 0 Å². The summed E-state index contributed by atoms with van der Waals surface area (Å²) in [4.78, 5) is 11.4. The number of amides is 1. The third kappa shape index (κ3) is 4.94. The molecule has 4 heteroatoms. The molecule has 2 N–H and O–H groups in total. The molecular weight excluding hydrogens is 204 g/mol. The van der Waals surface area contributed by atoms with Crippen LogP contribution in [0.15, 0.2) is 0 Å². The highest BCUT2D eigenvalue weighted by Crippen LogP contribution is 2.22. The lowest BCUT2D eigenvalue weighted by Gasteiger charge is -2.35. The van der Waals surface area contributed by atoms with Gasteiger partial charge in [0.25, 0.3) is 0 Å². The zero-order valence-electron chi connectivity index (χ0n) is 10.4. The Bertz CT molecular complexity index is 203. The molecular formula is C12H24N2O2. The maximum atomic E-state index is 11.4. The molecule has 0 saturated heterocycles. The van der Waals surface area contributed by atoms with Gasteiger partial charge in [-0.25, -0.2) is 0 Å². The molecule has 0 aliphatic heterocycles. The van der Waals surface area contributed by atoms with E-state index in [4.69, 9.17) is 4.74 Å². The maximum absolute atomic E-state index is 11.4. The summed E-state index contributed by atoms with van der Waals surface area (Å²) in [5.41, 5.74) is 0. The van der Waals surface area contributed by atoms with Gasteiger partial charge in [-0.05, 0) is 26.2 Å². The van der Waals surface area contributed by atoms with Crippen LogP contribution in [-0.4, -0.2) is 37.7 Å². The standard InChI is InChI=1S/C12H24N2O2/c1-3-5-6-13-12(15)9-14-10-7-11(8-10)16-4-2/h10-11,14H,3-9H2,1-2H3,(H,13,15). The van der Waals surface area contributed by atoms with Gasteiger partial charge in [0.2, 0.25) is 5.91 Å². The van der Waals surface area contributed by atoms with Crippen LogP contribution < -0.4 is 10.6 Å². The molecule has 1 aliphatic rings. The fourth-order valence-electron chi connectivity index (χ4n) is 1.81. The van der Waals surface area contributed by atoms with Crippen LogP contribution in [0.25, 0.3) is 0 Å². The van der Waals surface area contributed by atoms with E-state index in [-0.39, 0.29) is 5.91 Å². The molecule has 0 radical (unpaired) electrons. The van der Waals surface area contributed by atoms with Gasteiger partial charge >= 0.3 is 0 Å². The van der Waals surface area contributed by atoms with E-state index in [1.165, 1.54) is 0 Å². The van der Waals surface area contributed by atoms with Crippen LogP contribution in [0, 0.1) is 0 Å². The summed E-state index contributed by atoms with van der Waals surface area (Å²) < 4.78 is 5.45. The molecule has 0 aromatic heterocycles. The summed E-state index contributed by atoms with van der Waals surface area (Å²) in [6.45, 7) is 6.15. The van der Waals surface area contributed by atoms with Gasteiger partial charge in [-0.3, -0.25) is 4.79 Å². The summed E-state index contributed by atoms with van der Waals surface area (Å²) in [5, 5.41) is 6.13. The molecule has 0 bridgehead atoms. The largest absolute Gasteiger partial charge is 0.378 e. The van der Waals surface area contributed by atoms with Crippen LogP contribution in [0.4, 0.5) is 0 Å². The molecule has 94 valence electrons. The number of nitrogens with one attached hydrogen (secondary N) is 2. The summed E-state index contributed by atoms with van der Waals surface area (Å²) in [6.07, 6.45) is 4.66. The first-order chi connectivity index (χ1) is 7.76. The second-order valence-corrected chi connectivity index (χ2v) is 4.33. The molecule has 0 aromatic rings. The summed E-state index contributed by atoms with van der Waals surface area (Å²) in [7, 11) is 0. The molecule has 0 heterocycles. The number of unbranched alkanes of at least 4 members (excludes halogenated alkanes) is 1. The fourth-order valence-corrected chi connectivity index (χ4v) is 1.81. The smallest absolute Gasteiger partial charge is 0.233 e. The quantitative estimate of drug-likeness (QED) is 0.611. The first-order valence-electron chi connectivity index (χ1n) is 6.38. The molecule has 1 fully saturated rings. The summed E-state index contributed by atoms with van der Waals surface area (Å²) >= 11 is 0. The van der Waals surface area contributed by atoms with Gasteiger partial charge in [0.1, 0.15) is 0 Å². The normalized spacial score (nSPS) is 23.9. The fraction of sp³-hybridized carbons (Fsp3) is 0.917. The number of hydrogen-bond donors (Lipinski definition) is 2. The average molecular weight is 228 g/mol. The third-order valence-corrected chi connectivity index (χ3v) is 2.90. The van der Waals surface area contributed by atoms with Crippen LogP contribution in [0.5, 0.6) is 0 Å². The molecule has 16 heavy (non-hydrogen) atoms. The number of ether oxygens (including phenoxy) is 1. The summed E-state index contributed by atoms with van der Waals surface area (Å²) in [6, 6.07) is 0.466. The highest BCUT2D eigenvalue weighted by molar-refractivity contribution is 5.77. The van der Waals surface area contributed by atoms with Gasteiger partial charge in [0.15, 0.2) is 0 Å². The van der Waals surface area contributed by atoms with Crippen LogP contribution >= 0.6 is 0 Å². The van der Waals surface area contributed by atoms with Crippen molar-refractivity contribution in [1.82, 2.24) is 10.6 Å². The van der Waals surface area contributed by atoms with Crippen LogP contribution in [-0.2, 0) is 9.53 Å². The zero-order chi connectivity index (χ0) is 11.8. The van der Waals surface area contributed by atoms with Crippen molar-refractivity contribution in [2.24, 2.45) is 0 Å². The zero-order valence-corrected chi connectivity index (χ0v) is 10.4. The van der Waals surface area contributed by atoms with Gasteiger partial charge in [0.05, 0.1) is 12.6 Å². The highest BCUT2D eigenvalue weighted by Gasteiger charge is 2.29. The van der Waals surface area contributed by atoms with Crippen molar-refractivity contribution >= 4 is 5.91 Å². The molecule has 0 unspecified atom stereocenters. The van der Waals surface area contributed by atoms with E-state index in [0.29, 0.717) is 18.7 Å². The minimum Gasteiger partial charge on any atom is -0.378 e. The van der Waals surface area contributed by atoms with Crippen molar-refractivity contribution in [3.8, 4) is 0 Å². The molecule has 1 rings (SSSR count). The van der Waals surface area contributed by atoms with E-state index in [0.717, 1.165) is 38.8 Å². The van der Waals surface area contributed by atoms with Crippen molar-refractivity contribution in [2.75, 3.05) is 19.7 Å². The van der Waals surface area contributed by atoms with E-state index < -0.39 is 0 Å². The Hall–Kier alpha value is -0.610. The number of hydrogen-bond acceptors (Lipinski definition) is 3. The molecule has 4 nitrogen and oxygen atoms in total. The van der Waals surface area contributed by atoms with Crippen LogP contribution in [0.1, 0.15) is 39.5 Å². The third-order valence-electron chi connectivity index (χ3n) is 2.90. The van der Waals surface area contributed by atoms with E-state index in [2.05, 4.69) is 17.6 Å². The van der Waals surface area contributed by atoms with Crippen molar-refractivity contribution in [3.05, 3.63) is 0 Å². The predicted octanol–water partition coefficient (Wildman–Crippen LogP) is 1.06. The first kappa shape index (κ1) is 13.5. The van der Waals surface area contributed by atoms with E-state index in [1.807, 2.05) is 6.92 Å². The van der Waals surface area contributed by atoms with Crippen LogP contribution in [0.3, 0.4) is 0 Å². The number of rotatable bonds is 8. The highest BCUT2D eigenvalue weighted by atomic mass is 16.5. The van der Waals surface area contributed by atoms with Crippen molar-refractivity contribution in [3.63, 3.8) is 0 Å². The number of carbonyl (C=O) groups excluding carboxylic acids is 1.